The first-order chi connectivity index (χ1) is 7.47. The molecule has 2 aliphatic rings. The molecule has 0 aromatic carbocycles. The predicted octanol–water partition coefficient (Wildman–Crippen LogP) is 0.324. The summed E-state index contributed by atoms with van der Waals surface area (Å²) in [5, 5.41) is 3.03. The average molecular weight is 225 g/mol. The lowest BCUT2D eigenvalue weighted by molar-refractivity contribution is -0.123. The lowest BCUT2D eigenvalue weighted by atomic mass is 9.80. The third-order valence-electron chi connectivity index (χ3n) is 3.70. The summed E-state index contributed by atoms with van der Waals surface area (Å²) in [7, 11) is 0. The average Bonchev–Trinajstić information content (AvgIpc) is 2.94. The molecule has 4 nitrogen and oxygen atoms in total. The molecule has 1 atom stereocenters. The van der Waals surface area contributed by atoms with Crippen LogP contribution in [0.1, 0.15) is 33.1 Å². The fraction of sp³-hybridized carbons (Fsp3) is 0.917. The zero-order valence-electron chi connectivity index (χ0n) is 10.3. The maximum atomic E-state index is 11.7. The molecule has 16 heavy (non-hydrogen) atoms. The van der Waals surface area contributed by atoms with Crippen molar-refractivity contribution in [2.75, 3.05) is 19.6 Å². The molecule has 1 amide bonds. The first kappa shape index (κ1) is 11.9. The fourth-order valence-electron chi connectivity index (χ4n) is 2.32. The van der Waals surface area contributed by atoms with Crippen molar-refractivity contribution in [2.24, 2.45) is 11.1 Å². The molecular weight excluding hydrogens is 202 g/mol. The SMILES string of the molecule is CC1(C)CN(CC(=O)NC2CC2)CCC1N. The van der Waals surface area contributed by atoms with Gasteiger partial charge in [0.25, 0.3) is 0 Å². The predicted molar refractivity (Wildman–Crippen MR) is 64.0 cm³/mol. The van der Waals surface area contributed by atoms with Crippen molar-refractivity contribution >= 4 is 5.91 Å². The van der Waals surface area contributed by atoms with E-state index in [9.17, 15) is 4.79 Å². The summed E-state index contributed by atoms with van der Waals surface area (Å²) in [6, 6.07) is 0.725. The van der Waals surface area contributed by atoms with E-state index in [0.29, 0.717) is 12.6 Å². The number of carbonyl (C=O) groups is 1. The van der Waals surface area contributed by atoms with E-state index in [2.05, 4.69) is 24.1 Å². The maximum Gasteiger partial charge on any atom is 0.234 e. The molecule has 0 aromatic rings. The highest BCUT2D eigenvalue weighted by atomic mass is 16.2. The number of likely N-dealkylation sites (tertiary alicyclic amines) is 1. The monoisotopic (exact) mass is 225 g/mol. The van der Waals surface area contributed by atoms with Crippen LogP contribution >= 0.6 is 0 Å². The number of hydrogen-bond acceptors (Lipinski definition) is 3. The summed E-state index contributed by atoms with van der Waals surface area (Å²) >= 11 is 0. The van der Waals surface area contributed by atoms with Crippen LogP contribution in [0.4, 0.5) is 0 Å². The van der Waals surface area contributed by atoms with Crippen molar-refractivity contribution in [3.63, 3.8) is 0 Å². The molecule has 2 rings (SSSR count). The molecule has 0 spiro atoms. The Hall–Kier alpha value is -0.610. The van der Waals surface area contributed by atoms with E-state index in [-0.39, 0.29) is 17.4 Å². The van der Waals surface area contributed by atoms with Gasteiger partial charge in [-0.05, 0) is 24.7 Å². The topological polar surface area (TPSA) is 58.4 Å². The number of piperidine rings is 1. The van der Waals surface area contributed by atoms with Gasteiger partial charge in [-0.3, -0.25) is 9.69 Å². The van der Waals surface area contributed by atoms with Crippen molar-refractivity contribution in [1.29, 1.82) is 0 Å². The van der Waals surface area contributed by atoms with Crippen molar-refractivity contribution < 1.29 is 4.79 Å². The number of nitrogens with zero attached hydrogens (tertiary/aromatic N) is 1. The first-order valence-electron chi connectivity index (χ1n) is 6.25. The van der Waals surface area contributed by atoms with E-state index in [0.717, 1.165) is 32.4 Å². The van der Waals surface area contributed by atoms with Gasteiger partial charge >= 0.3 is 0 Å². The number of hydrogen-bond donors (Lipinski definition) is 2. The molecule has 1 saturated carbocycles. The lowest BCUT2D eigenvalue weighted by Gasteiger charge is -2.42. The van der Waals surface area contributed by atoms with Gasteiger partial charge in [0.05, 0.1) is 6.54 Å². The summed E-state index contributed by atoms with van der Waals surface area (Å²) in [5.74, 6) is 0.175. The summed E-state index contributed by atoms with van der Waals surface area (Å²) in [6.07, 6.45) is 3.30. The van der Waals surface area contributed by atoms with Gasteiger partial charge in [-0.2, -0.15) is 0 Å². The lowest BCUT2D eigenvalue weighted by Crippen LogP contribution is -2.54. The van der Waals surface area contributed by atoms with Crippen LogP contribution < -0.4 is 11.1 Å². The summed E-state index contributed by atoms with van der Waals surface area (Å²) in [5.41, 5.74) is 6.19. The third-order valence-corrected chi connectivity index (χ3v) is 3.70. The normalized spacial score (nSPS) is 30.1. The second-order valence-corrected chi connectivity index (χ2v) is 5.94. The maximum absolute atomic E-state index is 11.7. The van der Waals surface area contributed by atoms with E-state index in [1.54, 1.807) is 0 Å². The molecule has 1 aliphatic carbocycles. The number of nitrogens with two attached hydrogens (primary N) is 1. The summed E-state index contributed by atoms with van der Waals surface area (Å²) < 4.78 is 0. The van der Waals surface area contributed by atoms with Gasteiger partial charge in [0.15, 0.2) is 0 Å². The second-order valence-electron chi connectivity index (χ2n) is 5.94. The molecule has 0 radical (unpaired) electrons. The highest BCUT2D eigenvalue weighted by molar-refractivity contribution is 5.78. The van der Waals surface area contributed by atoms with Gasteiger partial charge in [0, 0.05) is 25.2 Å². The van der Waals surface area contributed by atoms with Gasteiger partial charge in [0.2, 0.25) is 5.91 Å². The smallest absolute Gasteiger partial charge is 0.234 e. The molecule has 1 aliphatic heterocycles. The van der Waals surface area contributed by atoms with Gasteiger partial charge in [-0.15, -0.1) is 0 Å². The van der Waals surface area contributed by atoms with Crippen LogP contribution in [0.15, 0.2) is 0 Å². The molecule has 1 unspecified atom stereocenters. The molecule has 2 fully saturated rings. The molecule has 3 N–H and O–H groups in total. The molecule has 0 aromatic heterocycles. The Bertz CT molecular complexity index is 273. The number of amides is 1. The molecule has 92 valence electrons. The van der Waals surface area contributed by atoms with E-state index >= 15 is 0 Å². The standard InChI is InChI=1S/C12H23N3O/c1-12(2)8-15(6-5-10(12)13)7-11(16)14-9-3-4-9/h9-10H,3-8,13H2,1-2H3,(H,14,16). The zero-order valence-corrected chi connectivity index (χ0v) is 10.3. The second kappa shape index (κ2) is 4.34. The van der Waals surface area contributed by atoms with Crippen LogP contribution in [-0.2, 0) is 4.79 Å². The van der Waals surface area contributed by atoms with E-state index in [1.165, 1.54) is 0 Å². The Morgan fingerprint density at radius 3 is 2.69 bits per heavy atom. The van der Waals surface area contributed by atoms with Crippen LogP contribution in [0.25, 0.3) is 0 Å². The highest BCUT2D eigenvalue weighted by Gasteiger charge is 2.34. The molecule has 1 saturated heterocycles. The number of rotatable bonds is 3. The van der Waals surface area contributed by atoms with Crippen molar-refractivity contribution in [3.05, 3.63) is 0 Å². The Labute approximate surface area is 97.6 Å². The van der Waals surface area contributed by atoms with E-state index < -0.39 is 0 Å². The van der Waals surface area contributed by atoms with Crippen molar-refractivity contribution in [3.8, 4) is 0 Å². The minimum absolute atomic E-state index is 0.123. The summed E-state index contributed by atoms with van der Waals surface area (Å²) in [4.78, 5) is 13.9. The van der Waals surface area contributed by atoms with Crippen LogP contribution in [0.2, 0.25) is 0 Å². The van der Waals surface area contributed by atoms with Crippen LogP contribution in [0, 0.1) is 5.41 Å². The quantitative estimate of drug-likeness (QED) is 0.727. The van der Waals surface area contributed by atoms with Gasteiger partial charge < -0.3 is 11.1 Å². The van der Waals surface area contributed by atoms with Crippen LogP contribution in [0.3, 0.4) is 0 Å². The Morgan fingerprint density at radius 2 is 2.12 bits per heavy atom. The van der Waals surface area contributed by atoms with Crippen molar-refractivity contribution in [1.82, 2.24) is 10.2 Å². The van der Waals surface area contributed by atoms with Gasteiger partial charge in [-0.1, -0.05) is 13.8 Å². The number of carbonyl (C=O) groups excluding carboxylic acids is 1. The Morgan fingerprint density at radius 1 is 1.44 bits per heavy atom. The van der Waals surface area contributed by atoms with Gasteiger partial charge in [0.1, 0.15) is 0 Å². The third kappa shape index (κ3) is 2.95. The van der Waals surface area contributed by atoms with Crippen molar-refractivity contribution in [2.45, 2.75) is 45.2 Å². The molecule has 4 heteroatoms. The first-order valence-corrected chi connectivity index (χ1v) is 6.25. The molecule has 1 heterocycles. The van der Waals surface area contributed by atoms with E-state index in [4.69, 9.17) is 5.73 Å². The van der Waals surface area contributed by atoms with Gasteiger partial charge in [-0.25, -0.2) is 0 Å². The van der Waals surface area contributed by atoms with Crippen LogP contribution in [-0.4, -0.2) is 42.5 Å². The van der Waals surface area contributed by atoms with Crippen LogP contribution in [0.5, 0.6) is 0 Å². The molecular formula is C12H23N3O. The minimum atomic E-state index is 0.123. The Balaban J connectivity index is 1.79. The zero-order chi connectivity index (χ0) is 11.8. The molecule has 0 bridgehead atoms. The summed E-state index contributed by atoms with van der Waals surface area (Å²) in [6.45, 7) is 6.77. The number of nitrogens with one attached hydrogen (secondary N) is 1. The highest BCUT2D eigenvalue weighted by Crippen LogP contribution is 2.27. The Kier molecular flexibility index (Phi) is 3.22. The minimum Gasteiger partial charge on any atom is -0.352 e. The fourth-order valence-corrected chi connectivity index (χ4v) is 2.32. The van der Waals surface area contributed by atoms with E-state index in [1.807, 2.05) is 0 Å². The largest absolute Gasteiger partial charge is 0.352 e.